The standard InChI is InChI=1S/C24H15N4O.C18H24NSi.Ir/c1-15-10-11-18-17-8-5-9-19(22(17)29-24(18)26-15)23-27-20-12-13-25-14-21(20)28(23)16-6-3-2-4-7-16;1-14(2)11-16-12-17(15-9-7-6-8-10-15)19-13-18(16)20(3,4)5;/h2-8,10-14H,1H3;6-9,12-14H,11H2,1-5H3;/q2*-1;/i;11D2;. The second-order valence-corrected chi connectivity index (χ2v) is 18.5. The topological polar surface area (TPSA) is 69.6 Å². The molecule has 0 amide bonds. The van der Waals surface area contributed by atoms with Crippen molar-refractivity contribution in [2.45, 2.75) is 46.8 Å². The number of nitrogens with zero attached hydrogens (tertiary/aromatic N) is 5. The van der Waals surface area contributed by atoms with Crippen LogP contribution in [0.15, 0.2) is 114 Å². The molecule has 0 saturated heterocycles. The minimum Gasteiger partial charge on any atom is -0.486 e. The first kappa shape index (κ1) is 32.5. The molecule has 6 nitrogen and oxygen atoms in total. The van der Waals surface area contributed by atoms with Crippen molar-refractivity contribution in [3.63, 3.8) is 0 Å². The summed E-state index contributed by atoms with van der Waals surface area (Å²) in [5, 5.41) is 3.10. The SMILES string of the molecule is Cc1ccc2c(n1)oc1c(-c3nc4ccncc4n3-c3ccccc3)[c-]ccc12.[2H]C([2H])(c1cc(-c2[c-]cccc2)ncc1[Si](C)(C)C)C(C)C.[Ir]. The Bertz CT molecular complexity index is 2490. The van der Waals surface area contributed by atoms with Gasteiger partial charge in [-0.3, -0.25) is 9.97 Å². The quantitative estimate of drug-likeness (QED) is 0.123. The number of rotatable bonds is 6. The van der Waals surface area contributed by atoms with Gasteiger partial charge in [-0.15, -0.1) is 54.1 Å². The van der Waals surface area contributed by atoms with Crippen LogP contribution in [-0.2, 0) is 26.5 Å². The Morgan fingerprint density at radius 2 is 1.68 bits per heavy atom. The van der Waals surface area contributed by atoms with Crippen molar-refractivity contribution in [1.29, 1.82) is 0 Å². The van der Waals surface area contributed by atoms with Crippen molar-refractivity contribution in [2.75, 3.05) is 0 Å². The first-order chi connectivity index (χ1) is 24.4. The van der Waals surface area contributed by atoms with Crippen LogP contribution in [0.25, 0.3) is 61.4 Å². The van der Waals surface area contributed by atoms with Crippen LogP contribution in [0.1, 0.15) is 27.8 Å². The average molecular weight is 852 g/mol. The Morgan fingerprint density at radius 3 is 2.42 bits per heavy atom. The summed E-state index contributed by atoms with van der Waals surface area (Å²) in [4.78, 5) is 18.4. The molecule has 8 aromatic rings. The van der Waals surface area contributed by atoms with Gasteiger partial charge >= 0.3 is 0 Å². The third-order valence-corrected chi connectivity index (χ3v) is 10.3. The Balaban J connectivity index is 0.000000183. The van der Waals surface area contributed by atoms with Crippen molar-refractivity contribution >= 4 is 46.4 Å². The number of imidazole rings is 1. The summed E-state index contributed by atoms with van der Waals surface area (Å²) in [6.07, 6.45) is 4.12. The molecule has 8 heteroatoms. The molecule has 253 valence electrons. The fourth-order valence-corrected chi connectivity index (χ4v) is 7.40. The fraction of sp³-hybridized carbons (Fsp3) is 0.190. The van der Waals surface area contributed by atoms with Gasteiger partial charge in [-0.1, -0.05) is 74.3 Å². The van der Waals surface area contributed by atoms with Gasteiger partial charge in [0.05, 0.1) is 36.7 Å². The molecule has 1 radical (unpaired) electrons. The zero-order valence-electron chi connectivity index (χ0n) is 30.9. The molecule has 8 rings (SSSR count). The summed E-state index contributed by atoms with van der Waals surface area (Å²) in [5.41, 5.74) is 8.40. The normalized spacial score (nSPS) is 12.4. The second-order valence-electron chi connectivity index (χ2n) is 13.4. The van der Waals surface area contributed by atoms with E-state index < -0.39 is 14.4 Å². The molecule has 0 fully saturated rings. The number of para-hydroxylation sites is 1. The monoisotopic (exact) mass is 852 g/mol. The molecular weight excluding hydrogens is 811 g/mol. The van der Waals surface area contributed by atoms with Gasteiger partial charge in [-0.05, 0) is 60.4 Å². The minimum absolute atomic E-state index is 0. The molecule has 0 N–H and O–H groups in total. The summed E-state index contributed by atoms with van der Waals surface area (Å²) in [6.45, 7) is 12.5. The number of hydrogen-bond acceptors (Lipinski definition) is 5. The van der Waals surface area contributed by atoms with Crippen molar-refractivity contribution in [1.82, 2.24) is 24.5 Å². The van der Waals surface area contributed by atoms with Crippen LogP contribution in [0.2, 0.25) is 19.6 Å². The Kier molecular flexibility index (Phi) is 9.49. The molecule has 0 saturated carbocycles. The van der Waals surface area contributed by atoms with Crippen LogP contribution in [0.4, 0.5) is 0 Å². The zero-order chi connectivity index (χ0) is 35.9. The van der Waals surface area contributed by atoms with Gasteiger partial charge in [-0.2, -0.15) is 0 Å². The number of fused-ring (bicyclic) bond motifs is 4. The molecule has 0 aliphatic rings. The molecule has 0 aliphatic heterocycles. The van der Waals surface area contributed by atoms with Crippen molar-refractivity contribution in [3.8, 4) is 28.3 Å². The third-order valence-electron chi connectivity index (χ3n) is 8.27. The van der Waals surface area contributed by atoms with Crippen molar-refractivity contribution in [3.05, 3.63) is 133 Å². The van der Waals surface area contributed by atoms with E-state index in [1.807, 2.05) is 106 Å². The summed E-state index contributed by atoms with van der Waals surface area (Å²) in [7, 11) is -1.67. The predicted octanol–water partition coefficient (Wildman–Crippen LogP) is 9.78. The van der Waals surface area contributed by atoms with Crippen LogP contribution < -0.4 is 5.19 Å². The first-order valence-corrected chi connectivity index (χ1v) is 20.0. The Labute approximate surface area is 310 Å². The second kappa shape index (κ2) is 14.6. The van der Waals surface area contributed by atoms with E-state index in [0.29, 0.717) is 5.71 Å². The van der Waals surface area contributed by atoms with E-state index in [2.05, 4.69) is 69.5 Å². The van der Waals surface area contributed by atoms with E-state index >= 15 is 0 Å². The van der Waals surface area contributed by atoms with E-state index in [1.54, 1.807) is 6.20 Å². The van der Waals surface area contributed by atoms with Crippen molar-refractivity contribution in [2.24, 2.45) is 5.92 Å². The summed E-state index contributed by atoms with van der Waals surface area (Å²) >= 11 is 0. The Hall–Kier alpha value is -4.75. The predicted molar refractivity (Wildman–Crippen MR) is 203 cm³/mol. The molecule has 5 aromatic heterocycles. The van der Waals surface area contributed by atoms with Crippen LogP contribution in [0.5, 0.6) is 0 Å². The van der Waals surface area contributed by atoms with Crippen LogP contribution in [0, 0.1) is 25.0 Å². The van der Waals surface area contributed by atoms with E-state index in [4.69, 9.17) is 12.1 Å². The summed E-state index contributed by atoms with van der Waals surface area (Å²) in [5.74, 6) is 0.679. The largest absolute Gasteiger partial charge is 0.486 e. The molecule has 0 aliphatic carbocycles. The molecular formula is C42H39IrN5OSi-2. The number of aryl methyl sites for hydroxylation is 1. The van der Waals surface area contributed by atoms with E-state index in [-0.39, 0.29) is 26.0 Å². The fourth-order valence-electron chi connectivity index (χ4n) is 5.99. The molecule has 0 spiro atoms. The van der Waals surface area contributed by atoms with Gasteiger partial charge < -0.3 is 14.0 Å². The summed E-state index contributed by atoms with van der Waals surface area (Å²) < 4.78 is 25.4. The van der Waals surface area contributed by atoms with Gasteiger partial charge in [0.1, 0.15) is 0 Å². The van der Waals surface area contributed by atoms with E-state index in [0.717, 1.165) is 72.2 Å². The number of benzene rings is 3. The molecule has 0 atom stereocenters. The number of pyridine rings is 3. The van der Waals surface area contributed by atoms with E-state index in [9.17, 15) is 0 Å². The maximum Gasteiger partial charge on any atom is 0.216 e. The molecule has 50 heavy (non-hydrogen) atoms. The maximum absolute atomic E-state index is 8.55. The van der Waals surface area contributed by atoms with Gasteiger partial charge in [0.2, 0.25) is 5.71 Å². The van der Waals surface area contributed by atoms with Gasteiger partial charge in [0.15, 0.2) is 0 Å². The van der Waals surface area contributed by atoms with Crippen LogP contribution in [0.3, 0.4) is 0 Å². The number of hydrogen-bond donors (Lipinski definition) is 0. The van der Waals surface area contributed by atoms with Gasteiger partial charge in [0, 0.05) is 52.0 Å². The minimum atomic E-state index is -1.67. The molecule has 3 aromatic carbocycles. The van der Waals surface area contributed by atoms with E-state index in [1.165, 1.54) is 0 Å². The molecule has 0 bridgehead atoms. The smallest absolute Gasteiger partial charge is 0.216 e. The molecule has 0 unspecified atom stereocenters. The maximum atomic E-state index is 8.55. The van der Waals surface area contributed by atoms with Gasteiger partial charge in [-0.25, -0.2) is 4.98 Å². The number of furan rings is 1. The Morgan fingerprint density at radius 1 is 0.880 bits per heavy atom. The van der Waals surface area contributed by atoms with Crippen LogP contribution >= 0.6 is 0 Å². The molecule has 5 heterocycles. The first-order valence-electron chi connectivity index (χ1n) is 17.5. The zero-order valence-corrected chi connectivity index (χ0v) is 32.3. The van der Waals surface area contributed by atoms with Crippen molar-refractivity contribution < 1.29 is 27.3 Å². The average Bonchev–Trinajstić information content (AvgIpc) is 3.70. The third kappa shape index (κ3) is 7.10. The summed E-state index contributed by atoms with van der Waals surface area (Å²) in [6, 6.07) is 36.2. The number of aromatic nitrogens is 5. The van der Waals surface area contributed by atoms with Crippen LogP contribution in [-0.4, -0.2) is 32.6 Å². The van der Waals surface area contributed by atoms with Gasteiger partial charge in [0.25, 0.3) is 0 Å².